The second kappa shape index (κ2) is 10.1. The van der Waals surface area contributed by atoms with Crippen LogP contribution in [-0.2, 0) is 33.9 Å². The molecule has 186 valence electrons. The Labute approximate surface area is 224 Å². The summed E-state index contributed by atoms with van der Waals surface area (Å²) in [5.41, 5.74) is 7.73. The Morgan fingerprint density at radius 1 is 1.03 bits per heavy atom. The summed E-state index contributed by atoms with van der Waals surface area (Å²) in [5.74, 6) is -0.0137. The Kier molecular flexibility index (Phi) is 7.03. The van der Waals surface area contributed by atoms with Crippen molar-refractivity contribution in [2.75, 3.05) is 19.3 Å². The number of fused-ring (bicyclic) bond motifs is 2. The zero-order chi connectivity index (χ0) is 25.4. The van der Waals surface area contributed by atoms with E-state index < -0.39 is 9.84 Å². The van der Waals surface area contributed by atoms with Crippen molar-refractivity contribution in [3.63, 3.8) is 0 Å². The number of aryl methyl sites for hydroxylation is 2. The maximum Gasteiger partial charge on any atom is 0.227 e. The predicted molar refractivity (Wildman–Crippen MR) is 144 cm³/mol. The van der Waals surface area contributed by atoms with Gasteiger partial charge in [0.25, 0.3) is 0 Å². The molecule has 1 fully saturated rings. The fourth-order valence-corrected chi connectivity index (χ4v) is 6.18. The number of hydrogen-bond acceptors (Lipinski definition) is 5. The van der Waals surface area contributed by atoms with Gasteiger partial charge in [-0.25, -0.2) is 13.4 Å². The maximum absolute atomic E-state index is 13.0. The van der Waals surface area contributed by atoms with Gasteiger partial charge in [-0.05, 0) is 94.2 Å². The van der Waals surface area contributed by atoms with Gasteiger partial charge in [0.2, 0.25) is 5.91 Å². The fraction of sp³-hybridized carbons (Fsp3) is 0.296. The fourth-order valence-electron chi connectivity index (χ4n) is 4.99. The van der Waals surface area contributed by atoms with Gasteiger partial charge in [0.05, 0.1) is 12.1 Å². The summed E-state index contributed by atoms with van der Waals surface area (Å²) in [6.07, 6.45) is 7.84. The lowest BCUT2D eigenvalue weighted by atomic mass is 9.88. The van der Waals surface area contributed by atoms with Crippen LogP contribution in [0.3, 0.4) is 0 Å². The maximum atomic E-state index is 13.0. The quantitative estimate of drug-likeness (QED) is 0.429. The van der Waals surface area contributed by atoms with Gasteiger partial charge in [-0.2, -0.15) is 0 Å². The molecule has 1 saturated heterocycles. The van der Waals surface area contributed by atoms with E-state index in [1.165, 1.54) is 40.1 Å². The number of halogens is 2. The van der Waals surface area contributed by atoms with E-state index in [-0.39, 0.29) is 17.4 Å². The number of likely N-dealkylation sites (tertiary alicyclic amines) is 1. The number of amides is 1. The Morgan fingerprint density at radius 3 is 2.53 bits per heavy atom. The van der Waals surface area contributed by atoms with Crippen LogP contribution in [0, 0.1) is 0 Å². The van der Waals surface area contributed by atoms with E-state index in [9.17, 15) is 13.2 Å². The first-order chi connectivity index (χ1) is 17.2. The van der Waals surface area contributed by atoms with Gasteiger partial charge in [0.1, 0.15) is 0 Å². The highest BCUT2D eigenvalue weighted by atomic mass is 79.9. The molecular formula is C27H25BrClN3O3S. The third-order valence-electron chi connectivity index (χ3n) is 6.78. The van der Waals surface area contributed by atoms with Crippen LogP contribution in [0.1, 0.15) is 40.8 Å². The van der Waals surface area contributed by atoms with Crippen molar-refractivity contribution in [1.29, 1.82) is 0 Å². The third kappa shape index (κ3) is 5.26. The van der Waals surface area contributed by atoms with Crippen LogP contribution in [0.15, 0.2) is 63.9 Å². The lowest BCUT2D eigenvalue weighted by molar-refractivity contribution is -0.130. The number of sulfone groups is 1. The number of rotatable bonds is 3. The molecule has 1 aliphatic carbocycles. The predicted octanol–water partition coefficient (Wildman–Crippen LogP) is 5.06. The summed E-state index contributed by atoms with van der Waals surface area (Å²) in [7, 11) is -3.42. The van der Waals surface area contributed by atoms with E-state index in [0.717, 1.165) is 47.1 Å². The monoisotopic (exact) mass is 585 g/mol. The van der Waals surface area contributed by atoms with Crippen LogP contribution < -0.4 is 0 Å². The molecular weight excluding hydrogens is 562 g/mol. The summed E-state index contributed by atoms with van der Waals surface area (Å²) in [6.45, 7) is 1.22. The third-order valence-corrected chi connectivity index (χ3v) is 8.43. The minimum atomic E-state index is -3.42. The first-order valence-electron chi connectivity index (χ1n) is 11.8. The van der Waals surface area contributed by atoms with Crippen molar-refractivity contribution in [2.45, 2.75) is 37.1 Å². The molecule has 0 spiro atoms. The molecule has 36 heavy (non-hydrogen) atoms. The number of hydrogen-bond donors (Lipinski definition) is 0. The van der Waals surface area contributed by atoms with Crippen LogP contribution in [-0.4, -0.2) is 48.5 Å². The SMILES string of the molecule is CS(=O)(=O)c1cc(CC(=O)N2CCC(=C3c4ccc(Cl)cc4CCc4cc(Br)cnc43)CC2)ccn1. The van der Waals surface area contributed by atoms with Crippen molar-refractivity contribution >= 4 is 48.8 Å². The first kappa shape index (κ1) is 25.1. The molecule has 1 aromatic carbocycles. The number of pyridine rings is 2. The molecule has 3 aromatic rings. The lowest BCUT2D eigenvalue weighted by Gasteiger charge is -2.30. The summed E-state index contributed by atoms with van der Waals surface area (Å²) in [4.78, 5) is 23.6. The molecule has 5 rings (SSSR count). The molecule has 2 aromatic heterocycles. The minimum absolute atomic E-state index is 0.0107. The van der Waals surface area contributed by atoms with Crippen LogP contribution in [0.25, 0.3) is 5.57 Å². The standard InChI is InChI=1S/C27H25BrClN3O3S/c1-36(34,35)24-12-17(6-9-30-24)13-25(33)32-10-7-18(8-11-32)26-23-5-4-22(29)15-19(23)2-3-20-14-21(28)16-31-27(20)26/h4-6,9,12,14-16H,2-3,7-8,10-11,13H2,1H3. The van der Waals surface area contributed by atoms with Gasteiger partial charge in [0.15, 0.2) is 14.9 Å². The van der Waals surface area contributed by atoms with Crippen molar-refractivity contribution in [3.8, 4) is 0 Å². The molecule has 2 aliphatic rings. The molecule has 0 unspecified atom stereocenters. The van der Waals surface area contributed by atoms with Crippen molar-refractivity contribution in [2.24, 2.45) is 0 Å². The molecule has 6 nitrogen and oxygen atoms in total. The first-order valence-corrected chi connectivity index (χ1v) is 14.8. The summed E-state index contributed by atoms with van der Waals surface area (Å²) >= 11 is 9.90. The van der Waals surface area contributed by atoms with E-state index in [0.29, 0.717) is 18.7 Å². The normalized spacial score (nSPS) is 15.8. The van der Waals surface area contributed by atoms with Gasteiger partial charge in [0, 0.05) is 46.8 Å². The number of benzene rings is 1. The van der Waals surface area contributed by atoms with Crippen LogP contribution >= 0.6 is 27.5 Å². The van der Waals surface area contributed by atoms with Gasteiger partial charge in [-0.3, -0.25) is 9.78 Å². The van der Waals surface area contributed by atoms with E-state index in [1.807, 2.05) is 17.2 Å². The van der Waals surface area contributed by atoms with Crippen molar-refractivity contribution in [1.82, 2.24) is 14.9 Å². The molecule has 0 N–H and O–H groups in total. The van der Waals surface area contributed by atoms with E-state index in [2.05, 4.69) is 39.1 Å². The van der Waals surface area contributed by atoms with Gasteiger partial charge >= 0.3 is 0 Å². The van der Waals surface area contributed by atoms with Crippen molar-refractivity contribution in [3.05, 3.63) is 91.8 Å². The molecule has 1 aliphatic heterocycles. The van der Waals surface area contributed by atoms with Crippen LogP contribution in [0.2, 0.25) is 5.02 Å². The summed E-state index contributed by atoms with van der Waals surface area (Å²) < 4.78 is 24.6. The summed E-state index contributed by atoms with van der Waals surface area (Å²) in [6, 6.07) is 11.4. The van der Waals surface area contributed by atoms with Gasteiger partial charge in [-0.15, -0.1) is 0 Å². The zero-order valence-corrected chi connectivity index (χ0v) is 23.0. The number of aromatic nitrogens is 2. The van der Waals surface area contributed by atoms with Crippen LogP contribution in [0.4, 0.5) is 0 Å². The Balaban J connectivity index is 1.41. The second-order valence-corrected chi connectivity index (χ2v) is 12.6. The average molecular weight is 587 g/mol. The molecule has 0 bridgehead atoms. The summed E-state index contributed by atoms with van der Waals surface area (Å²) in [5, 5.41) is 0.720. The van der Waals surface area contributed by atoms with Gasteiger partial charge < -0.3 is 4.90 Å². The number of carbonyl (C=O) groups excluding carboxylic acids is 1. The topological polar surface area (TPSA) is 80.2 Å². The molecule has 1 amide bonds. The molecule has 3 heterocycles. The average Bonchev–Trinajstić information content (AvgIpc) is 3.00. The molecule has 0 atom stereocenters. The highest BCUT2D eigenvalue weighted by Gasteiger charge is 2.27. The minimum Gasteiger partial charge on any atom is -0.342 e. The number of nitrogens with zero attached hydrogens (tertiary/aromatic N) is 3. The largest absolute Gasteiger partial charge is 0.342 e. The van der Waals surface area contributed by atoms with E-state index >= 15 is 0 Å². The molecule has 0 radical (unpaired) electrons. The molecule has 9 heteroatoms. The second-order valence-electron chi connectivity index (χ2n) is 9.27. The zero-order valence-electron chi connectivity index (χ0n) is 19.8. The van der Waals surface area contributed by atoms with Crippen molar-refractivity contribution < 1.29 is 13.2 Å². The smallest absolute Gasteiger partial charge is 0.227 e. The lowest BCUT2D eigenvalue weighted by Crippen LogP contribution is -2.37. The molecule has 0 saturated carbocycles. The number of piperidine rings is 1. The highest BCUT2D eigenvalue weighted by molar-refractivity contribution is 9.10. The van der Waals surface area contributed by atoms with E-state index in [1.54, 1.807) is 6.07 Å². The number of carbonyl (C=O) groups is 1. The van der Waals surface area contributed by atoms with Crippen LogP contribution in [0.5, 0.6) is 0 Å². The van der Waals surface area contributed by atoms with Gasteiger partial charge in [-0.1, -0.05) is 23.2 Å². The Bertz CT molecular complexity index is 1440. The Hall–Kier alpha value is -2.55. The Morgan fingerprint density at radius 2 is 1.78 bits per heavy atom. The van der Waals surface area contributed by atoms with E-state index in [4.69, 9.17) is 16.6 Å². The highest BCUT2D eigenvalue weighted by Crippen LogP contribution is 2.39.